The second-order valence-corrected chi connectivity index (χ2v) is 5.65. The average Bonchev–Trinajstić information content (AvgIpc) is 2.28. The molecular formula is C10H14N2O4S. The van der Waals surface area contributed by atoms with Crippen molar-refractivity contribution >= 4 is 16.0 Å². The second kappa shape index (κ2) is 5.24. The fraction of sp³-hybridized carbons (Fsp3) is 0.400. The van der Waals surface area contributed by atoms with Crippen LogP contribution in [-0.4, -0.2) is 29.7 Å². The van der Waals surface area contributed by atoms with Gasteiger partial charge in [0.25, 0.3) is 0 Å². The number of carbonyl (C=O) groups is 1. The molecule has 0 radical (unpaired) electrons. The zero-order valence-corrected chi connectivity index (χ0v) is 10.3. The zero-order chi connectivity index (χ0) is 13.1. The van der Waals surface area contributed by atoms with Gasteiger partial charge in [-0.2, -0.15) is 0 Å². The predicted molar refractivity (Wildman–Crippen MR) is 61.8 cm³/mol. The van der Waals surface area contributed by atoms with Crippen LogP contribution in [0.1, 0.15) is 25.6 Å². The van der Waals surface area contributed by atoms with Crippen LogP contribution in [-0.2, 0) is 14.8 Å². The second-order valence-electron chi connectivity index (χ2n) is 3.62. The van der Waals surface area contributed by atoms with Gasteiger partial charge in [-0.3, -0.25) is 9.78 Å². The van der Waals surface area contributed by atoms with Crippen LogP contribution < -0.4 is 4.72 Å². The third-order valence-electron chi connectivity index (χ3n) is 2.29. The molecule has 0 amide bonds. The summed E-state index contributed by atoms with van der Waals surface area (Å²) in [5, 5.41) is 7.17. The highest BCUT2D eigenvalue weighted by molar-refractivity contribution is 7.90. The Bertz CT molecular complexity index is 486. The fourth-order valence-corrected chi connectivity index (χ4v) is 2.26. The van der Waals surface area contributed by atoms with E-state index in [9.17, 15) is 13.2 Å². The van der Waals surface area contributed by atoms with Gasteiger partial charge in [-0.1, -0.05) is 6.07 Å². The molecule has 2 N–H and O–H groups in total. The monoisotopic (exact) mass is 258 g/mol. The van der Waals surface area contributed by atoms with E-state index in [1.807, 2.05) is 0 Å². The number of rotatable bonds is 5. The molecule has 6 nitrogen and oxygen atoms in total. The Kier molecular flexibility index (Phi) is 4.19. The summed E-state index contributed by atoms with van der Waals surface area (Å²) in [6, 6.07) is 4.54. The molecule has 1 aromatic heterocycles. The van der Waals surface area contributed by atoms with E-state index >= 15 is 0 Å². The Labute approximate surface area is 99.7 Å². The first-order chi connectivity index (χ1) is 7.84. The molecule has 1 unspecified atom stereocenters. The van der Waals surface area contributed by atoms with Crippen LogP contribution in [0.25, 0.3) is 0 Å². The van der Waals surface area contributed by atoms with Crippen molar-refractivity contribution in [3.8, 4) is 0 Å². The quantitative estimate of drug-likeness (QED) is 0.803. The smallest absolute Gasteiger partial charge is 0.323 e. The predicted octanol–water partition coefficient (Wildman–Crippen LogP) is 0.535. The molecule has 2 atom stereocenters. The van der Waals surface area contributed by atoms with Crippen LogP contribution in [0.2, 0.25) is 0 Å². The zero-order valence-electron chi connectivity index (χ0n) is 9.49. The molecule has 0 fully saturated rings. The number of hydrogen-bond acceptors (Lipinski definition) is 4. The average molecular weight is 258 g/mol. The van der Waals surface area contributed by atoms with E-state index in [1.54, 1.807) is 31.3 Å². The fourth-order valence-electron chi connectivity index (χ4n) is 1.17. The highest BCUT2D eigenvalue weighted by atomic mass is 32.2. The number of hydrogen-bond donors (Lipinski definition) is 2. The molecule has 0 bridgehead atoms. The minimum absolute atomic E-state index is 0.536. The number of aliphatic carboxylic acids is 1. The summed E-state index contributed by atoms with van der Waals surface area (Å²) in [7, 11) is -3.90. The topological polar surface area (TPSA) is 96.4 Å². The Balaban J connectivity index is 2.82. The van der Waals surface area contributed by atoms with Crippen LogP contribution in [0.5, 0.6) is 0 Å². The van der Waals surface area contributed by atoms with Crippen molar-refractivity contribution in [1.29, 1.82) is 0 Å². The summed E-state index contributed by atoms with van der Waals surface area (Å²) < 4.78 is 25.6. The molecular weight excluding hydrogens is 244 g/mol. The van der Waals surface area contributed by atoms with Gasteiger partial charge >= 0.3 is 5.97 Å². The first-order valence-electron chi connectivity index (χ1n) is 4.99. The largest absolute Gasteiger partial charge is 0.480 e. The van der Waals surface area contributed by atoms with Crippen LogP contribution in [0.3, 0.4) is 0 Å². The van der Waals surface area contributed by atoms with E-state index in [0.29, 0.717) is 5.69 Å². The van der Waals surface area contributed by atoms with Crippen LogP contribution in [0, 0.1) is 0 Å². The molecule has 0 aliphatic rings. The molecule has 0 aliphatic heterocycles. The van der Waals surface area contributed by atoms with Gasteiger partial charge in [-0.05, 0) is 26.0 Å². The van der Waals surface area contributed by atoms with Crippen molar-refractivity contribution in [2.24, 2.45) is 0 Å². The van der Waals surface area contributed by atoms with E-state index in [-0.39, 0.29) is 0 Å². The molecule has 0 saturated carbocycles. The minimum atomic E-state index is -3.90. The Morgan fingerprint density at radius 2 is 2.06 bits per heavy atom. The van der Waals surface area contributed by atoms with Gasteiger partial charge in [-0.25, -0.2) is 13.1 Å². The van der Waals surface area contributed by atoms with Crippen molar-refractivity contribution in [1.82, 2.24) is 9.71 Å². The van der Waals surface area contributed by atoms with Crippen molar-refractivity contribution in [2.75, 3.05) is 0 Å². The SMILES string of the molecule is CC(C(=O)O)S(=O)(=O)N[C@H](C)c1ccccn1. The van der Waals surface area contributed by atoms with Gasteiger partial charge in [0.15, 0.2) is 5.25 Å². The third kappa shape index (κ3) is 3.50. The number of nitrogens with zero attached hydrogens (tertiary/aromatic N) is 1. The summed E-state index contributed by atoms with van der Waals surface area (Å²) >= 11 is 0. The highest BCUT2D eigenvalue weighted by Crippen LogP contribution is 2.11. The lowest BCUT2D eigenvalue weighted by Crippen LogP contribution is -2.38. The molecule has 0 aliphatic carbocycles. The maximum atomic E-state index is 11.6. The number of pyridine rings is 1. The molecule has 1 rings (SSSR count). The first kappa shape index (κ1) is 13.6. The summed E-state index contributed by atoms with van der Waals surface area (Å²) in [6.07, 6.45) is 1.54. The lowest BCUT2D eigenvalue weighted by molar-refractivity contribution is -0.136. The molecule has 7 heteroatoms. The van der Waals surface area contributed by atoms with Crippen LogP contribution in [0.4, 0.5) is 0 Å². The Morgan fingerprint density at radius 3 is 2.53 bits per heavy atom. The van der Waals surface area contributed by atoms with Crippen molar-refractivity contribution in [3.05, 3.63) is 30.1 Å². The third-order valence-corrected chi connectivity index (χ3v) is 4.10. The maximum Gasteiger partial charge on any atom is 0.323 e. The molecule has 94 valence electrons. The highest BCUT2D eigenvalue weighted by Gasteiger charge is 2.29. The molecule has 0 aromatic carbocycles. The van der Waals surface area contributed by atoms with Gasteiger partial charge in [0.2, 0.25) is 10.0 Å². The summed E-state index contributed by atoms with van der Waals surface area (Å²) in [4.78, 5) is 14.6. The van der Waals surface area contributed by atoms with Gasteiger partial charge in [0.1, 0.15) is 0 Å². The molecule has 1 aromatic rings. The van der Waals surface area contributed by atoms with Gasteiger partial charge in [-0.15, -0.1) is 0 Å². The van der Waals surface area contributed by atoms with Gasteiger partial charge in [0.05, 0.1) is 11.7 Å². The number of aromatic nitrogens is 1. The minimum Gasteiger partial charge on any atom is -0.480 e. The Morgan fingerprint density at radius 1 is 1.41 bits per heavy atom. The van der Waals surface area contributed by atoms with Crippen LogP contribution >= 0.6 is 0 Å². The lowest BCUT2D eigenvalue weighted by atomic mass is 10.2. The maximum absolute atomic E-state index is 11.6. The van der Waals surface area contributed by atoms with Crippen molar-refractivity contribution < 1.29 is 18.3 Å². The number of carboxylic acid groups (broad SMARTS) is 1. The normalized spacial score (nSPS) is 15.2. The summed E-state index contributed by atoms with van der Waals surface area (Å²) in [5.74, 6) is -1.38. The lowest BCUT2D eigenvalue weighted by Gasteiger charge is -2.15. The standard InChI is InChI=1S/C10H14N2O4S/c1-7(9-5-3-4-6-11-9)12-17(15,16)8(2)10(13)14/h3-8,12H,1-2H3,(H,13,14)/t7-,8?/m1/s1. The van der Waals surface area contributed by atoms with Gasteiger partial charge < -0.3 is 5.11 Å². The van der Waals surface area contributed by atoms with E-state index in [1.165, 1.54) is 0 Å². The van der Waals surface area contributed by atoms with Gasteiger partial charge in [0, 0.05) is 6.20 Å². The summed E-state index contributed by atoms with van der Waals surface area (Å²) in [6.45, 7) is 2.73. The number of nitrogens with one attached hydrogen (secondary N) is 1. The van der Waals surface area contributed by atoms with E-state index < -0.39 is 27.3 Å². The first-order valence-corrected chi connectivity index (χ1v) is 6.54. The molecule has 1 heterocycles. The van der Waals surface area contributed by atoms with Crippen molar-refractivity contribution in [2.45, 2.75) is 25.1 Å². The van der Waals surface area contributed by atoms with E-state index in [4.69, 9.17) is 5.11 Å². The summed E-state index contributed by atoms with van der Waals surface area (Å²) in [5.41, 5.74) is 0.536. The molecule has 0 saturated heterocycles. The Hall–Kier alpha value is -1.47. The van der Waals surface area contributed by atoms with Crippen LogP contribution in [0.15, 0.2) is 24.4 Å². The van der Waals surface area contributed by atoms with Crippen molar-refractivity contribution in [3.63, 3.8) is 0 Å². The molecule has 17 heavy (non-hydrogen) atoms. The van der Waals surface area contributed by atoms with E-state index in [0.717, 1.165) is 6.92 Å². The van der Waals surface area contributed by atoms with E-state index in [2.05, 4.69) is 9.71 Å². The number of sulfonamides is 1. The molecule has 0 spiro atoms. The number of carboxylic acids is 1.